The van der Waals surface area contributed by atoms with E-state index in [1.165, 1.54) is 19.3 Å². The molecule has 17 heavy (non-hydrogen) atoms. The van der Waals surface area contributed by atoms with E-state index >= 15 is 0 Å². The fourth-order valence-corrected chi connectivity index (χ4v) is 1.70. The zero-order chi connectivity index (χ0) is 13.5. The van der Waals surface area contributed by atoms with Gasteiger partial charge in [-0.25, -0.2) is 0 Å². The van der Waals surface area contributed by atoms with E-state index < -0.39 is 11.7 Å². The predicted molar refractivity (Wildman–Crippen MR) is 73.3 cm³/mol. The van der Waals surface area contributed by atoms with Crippen LogP contribution >= 0.6 is 0 Å². The second kappa shape index (κ2) is 8.06. The summed E-state index contributed by atoms with van der Waals surface area (Å²) in [4.78, 5) is 2.33. The first-order chi connectivity index (χ1) is 7.85. The lowest BCUT2D eigenvalue weighted by atomic mass is 10.0. The van der Waals surface area contributed by atoms with Crippen molar-refractivity contribution < 1.29 is 9.84 Å². The molecule has 0 amide bonds. The second-order valence-corrected chi connectivity index (χ2v) is 5.62. The predicted octanol–water partition coefficient (Wildman–Crippen LogP) is 2.67. The highest BCUT2D eigenvalue weighted by atomic mass is 16.5. The highest BCUT2D eigenvalue weighted by Gasteiger charge is 2.29. The molecule has 0 saturated carbocycles. The quantitative estimate of drug-likeness (QED) is 0.634. The molecule has 1 unspecified atom stereocenters. The van der Waals surface area contributed by atoms with Gasteiger partial charge in [0.2, 0.25) is 0 Å². The Morgan fingerprint density at radius 2 is 1.82 bits per heavy atom. The molecular formula is C14H31NO2. The van der Waals surface area contributed by atoms with Crippen LogP contribution in [0.4, 0.5) is 0 Å². The molecular weight excluding hydrogens is 214 g/mol. The monoisotopic (exact) mass is 245 g/mol. The van der Waals surface area contributed by atoms with Gasteiger partial charge in [-0.15, -0.1) is 0 Å². The molecule has 3 heteroatoms. The van der Waals surface area contributed by atoms with Gasteiger partial charge in [0.25, 0.3) is 0 Å². The highest BCUT2D eigenvalue weighted by molar-refractivity contribution is 4.82. The number of aliphatic hydroxyl groups excluding tert-OH is 1. The third-order valence-corrected chi connectivity index (χ3v) is 3.52. The van der Waals surface area contributed by atoms with Crippen molar-refractivity contribution in [2.24, 2.45) is 0 Å². The number of methoxy groups -OCH3 is 1. The van der Waals surface area contributed by atoms with Gasteiger partial charge in [-0.3, -0.25) is 4.90 Å². The molecule has 3 nitrogen and oxygen atoms in total. The maximum Gasteiger partial charge on any atom is 0.0950 e. The van der Waals surface area contributed by atoms with Crippen LogP contribution in [0.3, 0.4) is 0 Å². The standard InChI is InChI=1S/C14H31NO2/c1-7-8-9-10-15(12(2)3)11-13(16)14(4,5)17-6/h12-13,16H,7-11H2,1-6H3. The van der Waals surface area contributed by atoms with E-state index in [0.717, 1.165) is 6.54 Å². The van der Waals surface area contributed by atoms with Crippen molar-refractivity contribution in [3.8, 4) is 0 Å². The summed E-state index contributed by atoms with van der Waals surface area (Å²) in [6.07, 6.45) is 3.25. The van der Waals surface area contributed by atoms with E-state index in [1.54, 1.807) is 7.11 Å². The number of hydrogen-bond donors (Lipinski definition) is 1. The summed E-state index contributed by atoms with van der Waals surface area (Å²) in [6, 6.07) is 0.467. The first-order valence-electron chi connectivity index (χ1n) is 6.82. The molecule has 0 aromatic heterocycles. The molecule has 0 spiro atoms. The fraction of sp³-hybridized carbons (Fsp3) is 1.00. The molecule has 0 aromatic carbocycles. The van der Waals surface area contributed by atoms with Crippen LogP contribution in [0.25, 0.3) is 0 Å². The molecule has 0 heterocycles. The van der Waals surface area contributed by atoms with Crippen LogP contribution in [-0.2, 0) is 4.74 Å². The number of ether oxygens (including phenoxy) is 1. The number of aliphatic hydroxyl groups is 1. The van der Waals surface area contributed by atoms with Crippen LogP contribution in [0.2, 0.25) is 0 Å². The van der Waals surface area contributed by atoms with E-state index in [4.69, 9.17) is 4.74 Å². The lowest BCUT2D eigenvalue weighted by molar-refractivity contribution is -0.0901. The third-order valence-electron chi connectivity index (χ3n) is 3.52. The molecule has 1 N–H and O–H groups in total. The molecule has 0 aliphatic rings. The van der Waals surface area contributed by atoms with Crippen LogP contribution in [0.15, 0.2) is 0 Å². The van der Waals surface area contributed by atoms with Crippen LogP contribution in [0.5, 0.6) is 0 Å². The van der Waals surface area contributed by atoms with Gasteiger partial charge in [-0.2, -0.15) is 0 Å². The maximum atomic E-state index is 10.2. The molecule has 0 bridgehead atoms. The van der Waals surface area contributed by atoms with Gasteiger partial charge in [-0.05, 0) is 40.7 Å². The van der Waals surface area contributed by atoms with Crippen molar-refractivity contribution in [3.05, 3.63) is 0 Å². The van der Waals surface area contributed by atoms with Gasteiger partial charge in [0.15, 0.2) is 0 Å². The molecule has 0 aromatic rings. The van der Waals surface area contributed by atoms with Gasteiger partial charge >= 0.3 is 0 Å². The van der Waals surface area contributed by atoms with Gasteiger partial charge in [-0.1, -0.05) is 19.8 Å². The van der Waals surface area contributed by atoms with Gasteiger partial charge < -0.3 is 9.84 Å². The normalized spacial score (nSPS) is 14.6. The molecule has 0 aliphatic carbocycles. The zero-order valence-corrected chi connectivity index (χ0v) is 12.5. The van der Waals surface area contributed by atoms with E-state index in [1.807, 2.05) is 13.8 Å². The van der Waals surface area contributed by atoms with Gasteiger partial charge in [0, 0.05) is 19.7 Å². The van der Waals surface area contributed by atoms with Crippen molar-refractivity contribution in [3.63, 3.8) is 0 Å². The second-order valence-electron chi connectivity index (χ2n) is 5.62. The molecule has 1 atom stereocenters. The number of rotatable bonds is 9. The first kappa shape index (κ1) is 16.9. The molecule has 104 valence electrons. The Hall–Kier alpha value is -0.120. The Balaban J connectivity index is 4.24. The summed E-state index contributed by atoms with van der Waals surface area (Å²) in [5.41, 5.74) is -0.474. The molecule has 0 rings (SSSR count). The van der Waals surface area contributed by atoms with Crippen LogP contribution in [0.1, 0.15) is 53.9 Å². The maximum absolute atomic E-state index is 10.2. The largest absolute Gasteiger partial charge is 0.389 e. The van der Waals surface area contributed by atoms with Crippen LogP contribution < -0.4 is 0 Å². The van der Waals surface area contributed by atoms with E-state index in [2.05, 4.69) is 25.7 Å². The fourth-order valence-electron chi connectivity index (χ4n) is 1.70. The van der Waals surface area contributed by atoms with Crippen molar-refractivity contribution >= 4 is 0 Å². The minimum absolute atomic E-state index is 0.448. The Morgan fingerprint density at radius 1 is 1.24 bits per heavy atom. The SMILES string of the molecule is CCCCCN(CC(O)C(C)(C)OC)C(C)C. The first-order valence-corrected chi connectivity index (χ1v) is 6.82. The van der Waals surface area contributed by atoms with E-state index in [0.29, 0.717) is 12.6 Å². The van der Waals surface area contributed by atoms with Crippen molar-refractivity contribution in [1.82, 2.24) is 4.90 Å². The summed E-state index contributed by atoms with van der Waals surface area (Å²) < 4.78 is 5.33. The minimum Gasteiger partial charge on any atom is -0.389 e. The number of unbranched alkanes of at least 4 members (excludes halogenated alkanes) is 2. The summed E-state index contributed by atoms with van der Waals surface area (Å²) in [7, 11) is 1.65. The average Bonchev–Trinajstić information content (AvgIpc) is 2.27. The number of hydrogen-bond acceptors (Lipinski definition) is 3. The van der Waals surface area contributed by atoms with Crippen molar-refractivity contribution in [2.45, 2.75) is 71.6 Å². The number of nitrogens with zero attached hydrogens (tertiary/aromatic N) is 1. The van der Waals surface area contributed by atoms with Crippen molar-refractivity contribution in [2.75, 3.05) is 20.2 Å². The summed E-state index contributed by atoms with van der Waals surface area (Å²) >= 11 is 0. The van der Waals surface area contributed by atoms with Crippen LogP contribution in [0, 0.1) is 0 Å². The van der Waals surface area contributed by atoms with Gasteiger partial charge in [0.1, 0.15) is 0 Å². The lowest BCUT2D eigenvalue weighted by Gasteiger charge is -2.35. The summed E-state index contributed by atoms with van der Waals surface area (Å²) in [5, 5.41) is 10.2. The zero-order valence-electron chi connectivity index (χ0n) is 12.5. The lowest BCUT2D eigenvalue weighted by Crippen LogP contribution is -2.48. The highest BCUT2D eigenvalue weighted by Crippen LogP contribution is 2.16. The average molecular weight is 245 g/mol. The molecule has 0 radical (unpaired) electrons. The Kier molecular flexibility index (Phi) is 8.01. The minimum atomic E-state index is -0.474. The smallest absolute Gasteiger partial charge is 0.0950 e. The molecule has 0 aliphatic heterocycles. The topological polar surface area (TPSA) is 32.7 Å². The summed E-state index contributed by atoms with van der Waals surface area (Å²) in [5.74, 6) is 0. The van der Waals surface area contributed by atoms with Gasteiger partial charge in [0.05, 0.1) is 11.7 Å². The Labute approximate surface area is 107 Å². The molecule has 0 saturated heterocycles. The van der Waals surface area contributed by atoms with E-state index in [9.17, 15) is 5.11 Å². The Morgan fingerprint density at radius 3 is 2.24 bits per heavy atom. The third kappa shape index (κ3) is 6.39. The van der Waals surface area contributed by atoms with Crippen molar-refractivity contribution in [1.29, 1.82) is 0 Å². The van der Waals surface area contributed by atoms with Crippen LogP contribution in [-0.4, -0.2) is 48.0 Å². The molecule has 0 fully saturated rings. The van der Waals surface area contributed by atoms with E-state index in [-0.39, 0.29) is 0 Å². The summed E-state index contributed by atoms with van der Waals surface area (Å²) in [6.45, 7) is 12.2. The Bertz CT molecular complexity index is 193.